The molecule has 2 saturated heterocycles. The number of alkyl halides is 3. The minimum absolute atomic E-state index is 0.000672. The van der Waals surface area contributed by atoms with Gasteiger partial charge in [-0.2, -0.15) is 13.2 Å². The van der Waals surface area contributed by atoms with Crippen LogP contribution in [0.15, 0.2) is 24.3 Å². The van der Waals surface area contributed by atoms with Gasteiger partial charge in [0.15, 0.2) is 0 Å². The highest BCUT2D eigenvalue weighted by Crippen LogP contribution is 2.32. The van der Waals surface area contributed by atoms with Gasteiger partial charge in [-0.1, -0.05) is 6.07 Å². The summed E-state index contributed by atoms with van der Waals surface area (Å²) in [6, 6.07) is 6.10. The summed E-state index contributed by atoms with van der Waals surface area (Å²) in [5.74, 6) is -0.000672. The van der Waals surface area contributed by atoms with Gasteiger partial charge in [0, 0.05) is 64.5 Å². The van der Waals surface area contributed by atoms with Crippen molar-refractivity contribution in [2.75, 3.05) is 57.3 Å². The minimum Gasteiger partial charge on any atom is -0.369 e. The molecule has 0 radical (unpaired) electrons. The standard InChI is InChI=1S/C20H29F3N4O/c1-16(28)24-7-9-25-8-3-6-19(15-25)27-12-10-26(11-13-27)18-5-2-4-17(14-18)20(21,22)23/h2,4-5,14,19H,3,6-13,15H2,1H3,(H,24,28). The zero-order valence-corrected chi connectivity index (χ0v) is 16.3. The molecule has 0 saturated carbocycles. The average Bonchev–Trinajstić information content (AvgIpc) is 2.68. The molecule has 0 aliphatic carbocycles. The number of hydrogen-bond donors (Lipinski definition) is 1. The first-order valence-corrected chi connectivity index (χ1v) is 9.96. The number of rotatable bonds is 5. The Labute approximate surface area is 164 Å². The second kappa shape index (κ2) is 9.13. The fourth-order valence-electron chi connectivity index (χ4n) is 4.15. The Bertz CT molecular complexity index is 659. The third kappa shape index (κ3) is 5.61. The van der Waals surface area contributed by atoms with E-state index in [9.17, 15) is 18.0 Å². The van der Waals surface area contributed by atoms with E-state index in [1.807, 2.05) is 4.90 Å². The molecule has 1 unspecified atom stereocenters. The molecular formula is C20H29F3N4O. The molecule has 0 bridgehead atoms. The van der Waals surface area contributed by atoms with Crippen LogP contribution in [-0.4, -0.2) is 74.1 Å². The Morgan fingerprint density at radius 2 is 1.93 bits per heavy atom. The van der Waals surface area contributed by atoms with Crippen LogP contribution >= 0.6 is 0 Å². The van der Waals surface area contributed by atoms with Gasteiger partial charge in [-0.15, -0.1) is 0 Å². The van der Waals surface area contributed by atoms with Gasteiger partial charge in [0.2, 0.25) is 5.91 Å². The Morgan fingerprint density at radius 1 is 1.18 bits per heavy atom. The number of nitrogens with zero attached hydrogens (tertiary/aromatic N) is 3. The number of hydrogen-bond acceptors (Lipinski definition) is 4. The smallest absolute Gasteiger partial charge is 0.369 e. The van der Waals surface area contributed by atoms with Gasteiger partial charge < -0.3 is 15.1 Å². The Hall–Kier alpha value is -1.80. The lowest BCUT2D eigenvalue weighted by Gasteiger charge is -2.44. The van der Waals surface area contributed by atoms with E-state index in [1.165, 1.54) is 19.1 Å². The summed E-state index contributed by atoms with van der Waals surface area (Å²) in [4.78, 5) is 17.9. The number of anilines is 1. The molecule has 1 atom stereocenters. The molecule has 1 amide bonds. The zero-order chi connectivity index (χ0) is 20.1. The summed E-state index contributed by atoms with van der Waals surface area (Å²) >= 11 is 0. The van der Waals surface area contributed by atoms with Crippen LogP contribution in [0.5, 0.6) is 0 Å². The third-order valence-electron chi connectivity index (χ3n) is 5.65. The number of piperidine rings is 1. The van der Waals surface area contributed by atoms with Crippen molar-refractivity contribution in [2.45, 2.75) is 32.0 Å². The molecule has 2 heterocycles. The molecule has 0 aromatic heterocycles. The van der Waals surface area contributed by atoms with Crippen LogP contribution in [0, 0.1) is 0 Å². The maximum atomic E-state index is 13.0. The Morgan fingerprint density at radius 3 is 2.61 bits per heavy atom. The van der Waals surface area contributed by atoms with E-state index in [-0.39, 0.29) is 5.91 Å². The molecule has 28 heavy (non-hydrogen) atoms. The number of piperazine rings is 1. The SMILES string of the molecule is CC(=O)NCCN1CCCC(N2CCN(c3cccc(C(F)(F)F)c3)CC2)C1. The lowest BCUT2D eigenvalue weighted by molar-refractivity contribution is -0.137. The molecule has 5 nitrogen and oxygen atoms in total. The van der Waals surface area contributed by atoms with E-state index in [0.717, 1.165) is 64.7 Å². The number of likely N-dealkylation sites (tertiary alicyclic amines) is 1. The van der Waals surface area contributed by atoms with Crippen LogP contribution in [0.3, 0.4) is 0 Å². The topological polar surface area (TPSA) is 38.8 Å². The van der Waals surface area contributed by atoms with Crippen molar-refractivity contribution in [1.29, 1.82) is 0 Å². The number of amides is 1. The molecule has 1 aromatic carbocycles. The lowest BCUT2D eigenvalue weighted by atomic mass is 10.0. The maximum Gasteiger partial charge on any atom is 0.416 e. The van der Waals surface area contributed by atoms with Crippen LogP contribution in [0.1, 0.15) is 25.3 Å². The largest absolute Gasteiger partial charge is 0.416 e. The van der Waals surface area contributed by atoms with E-state index in [2.05, 4.69) is 15.1 Å². The predicted octanol–water partition coefficient (Wildman–Crippen LogP) is 2.43. The summed E-state index contributed by atoms with van der Waals surface area (Å²) < 4.78 is 38.9. The Balaban J connectivity index is 1.50. The van der Waals surface area contributed by atoms with Crippen LogP contribution in [-0.2, 0) is 11.0 Å². The van der Waals surface area contributed by atoms with Crippen molar-refractivity contribution in [3.05, 3.63) is 29.8 Å². The predicted molar refractivity (Wildman–Crippen MR) is 103 cm³/mol. The first-order valence-electron chi connectivity index (χ1n) is 9.96. The van der Waals surface area contributed by atoms with Gasteiger partial charge in [0.05, 0.1) is 5.56 Å². The average molecular weight is 398 g/mol. The van der Waals surface area contributed by atoms with Gasteiger partial charge in [0.1, 0.15) is 0 Å². The van der Waals surface area contributed by atoms with E-state index < -0.39 is 11.7 Å². The molecule has 2 aliphatic rings. The quantitative estimate of drug-likeness (QED) is 0.827. The van der Waals surface area contributed by atoms with Crippen molar-refractivity contribution >= 4 is 11.6 Å². The van der Waals surface area contributed by atoms with E-state index in [0.29, 0.717) is 18.3 Å². The number of halogens is 3. The summed E-state index contributed by atoms with van der Waals surface area (Å²) in [6.07, 6.45) is -2.01. The van der Waals surface area contributed by atoms with Crippen LogP contribution < -0.4 is 10.2 Å². The summed E-state index contributed by atoms with van der Waals surface area (Å²) in [5, 5.41) is 2.85. The minimum atomic E-state index is -4.30. The third-order valence-corrected chi connectivity index (χ3v) is 5.65. The van der Waals surface area contributed by atoms with E-state index in [1.54, 1.807) is 6.07 Å². The first kappa shape index (κ1) is 20.9. The lowest BCUT2D eigenvalue weighted by Crippen LogP contribution is -2.55. The van der Waals surface area contributed by atoms with E-state index >= 15 is 0 Å². The molecule has 0 spiro atoms. The molecule has 156 valence electrons. The monoisotopic (exact) mass is 398 g/mol. The molecule has 1 aromatic rings. The van der Waals surface area contributed by atoms with Crippen molar-refractivity contribution in [1.82, 2.24) is 15.1 Å². The molecule has 1 N–H and O–H groups in total. The molecule has 2 fully saturated rings. The second-order valence-corrected chi connectivity index (χ2v) is 7.65. The van der Waals surface area contributed by atoms with Crippen molar-refractivity contribution < 1.29 is 18.0 Å². The highest BCUT2D eigenvalue weighted by molar-refractivity contribution is 5.72. The van der Waals surface area contributed by atoms with Crippen molar-refractivity contribution in [2.24, 2.45) is 0 Å². The highest BCUT2D eigenvalue weighted by atomic mass is 19.4. The zero-order valence-electron chi connectivity index (χ0n) is 16.3. The summed E-state index contributed by atoms with van der Waals surface area (Å²) in [6.45, 7) is 8.31. The highest BCUT2D eigenvalue weighted by Gasteiger charge is 2.32. The maximum absolute atomic E-state index is 13.0. The fraction of sp³-hybridized carbons (Fsp3) is 0.650. The summed E-state index contributed by atoms with van der Waals surface area (Å²) in [7, 11) is 0. The second-order valence-electron chi connectivity index (χ2n) is 7.65. The molecular weight excluding hydrogens is 369 g/mol. The van der Waals surface area contributed by atoms with Crippen molar-refractivity contribution in [3.8, 4) is 0 Å². The van der Waals surface area contributed by atoms with Crippen LogP contribution in [0.4, 0.5) is 18.9 Å². The number of benzene rings is 1. The van der Waals surface area contributed by atoms with Gasteiger partial charge in [-0.25, -0.2) is 0 Å². The van der Waals surface area contributed by atoms with Gasteiger partial charge in [-0.05, 0) is 37.6 Å². The number of carbonyl (C=O) groups excluding carboxylic acids is 1. The van der Waals surface area contributed by atoms with Crippen molar-refractivity contribution in [3.63, 3.8) is 0 Å². The van der Waals surface area contributed by atoms with E-state index in [4.69, 9.17) is 0 Å². The molecule has 2 aliphatic heterocycles. The van der Waals surface area contributed by atoms with Crippen LogP contribution in [0.25, 0.3) is 0 Å². The fourth-order valence-corrected chi connectivity index (χ4v) is 4.15. The number of nitrogens with one attached hydrogen (secondary N) is 1. The normalized spacial score (nSPS) is 22.3. The summed E-state index contributed by atoms with van der Waals surface area (Å²) in [5.41, 5.74) is 0.0598. The Kier molecular flexibility index (Phi) is 6.82. The van der Waals surface area contributed by atoms with Gasteiger partial charge >= 0.3 is 6.18 Å². The van der Waals surface area contributed by atoms with Gasteiger partial charge in [0.25, 0.3) is 0 Å². The van der Waals surface area contributed by atoms with Crippen LogP contribution in [0.2, 0.25) is 0 Å². The molecule has 8 heteroatoms. The first-order chi connectivity index (χ1) is 13.3. The molecule has 3 rings (SSSR count). The number of carbonyl (C=O) groups is 1. The van der Waals surface area contributed by atoms with Gasteiger partial charge in [-0.3, -0.25) is 9.69 Å².